The Morgan fingerprint density at radius 1 is 1.07 bits per heavy atom. The molecule has 0 N–H and O–H groups in total. The number of aromatic nitrogens is 1. The first-order valence-electron chi connectivity index (χ1n) is 9.56. The van der Waals surface area contributed by atoms with Crippen LogP contribution in [0.5, 0.6) is 0 Å². The summed E-state index contributed by atoms with van der Waals surface area (Å²) >= 11 is 1.57. The first-order chi connectivity index (χ1) is 13.9. The molecule has 0 bridgehead atoms. The fourth-order valence-corrected chi connectivity index (χ4v) is 5.27. The molecule has 0 spiro atoms. The highest BCUT2D eigenvalue weighted by atomic mass is 32.2. The van der Waals surface area contributed by atoms with Gasteiger partial charge in [-0.05, 0) is 49.4 Å². The summed E-state index contributed by atoms with van der Waals surface area (Å²) in [4.78, 5) is 21.3. The van der Waals surface area contributed by atoms with Gasteiger partial charge in [0, 0.05) is 16.7 Å². The van der Waals surface area contributed by atoms with E-state index in [0.717, 1.165) is 43.2 Å². The van der Waals surface area contributed by atoms with Crippen LogP contribution < -0.4 is 4.90 Å². The van der Waals surface area contributed by atoms with Crippen LogP contribution in [0, 0.1) is 0 Å². The monoisotopic (exact) mass is 426 g/mol. The predicted octanol–water partition coefficient (Wildman–Crippen LogP) is 4.27. The predicted molar refractivity (Wildman–Crippen MR) is 115 cm³/mol. The summed E-state index contributed by atoms with van der Waals surface area (Å²) in [5, 5.41) is 0.676. The van der Waals surface area contributed by atoms with Gasteiger partial charge in [0.05, 0.1) is 17.1 Å². The second kappa shape index (κ2) is 8.08. The van der Waals surface area contributed by atoms with E-state index in [1.807, 2.05) is 30.3 Å². The third-order valence-electron chi connectivity index (χ3n) is 5.00. The fourth-order valence-electron chi connectivity index (χ4n) is 3.46. The van der Waals surface area contributed by atoms with Crippen molar-refractivity contribution in [2.75, 3.05) is 11.2 Å². The van der Waals surface area contributed by atoms with Gasteiger partial charge in [0.1, 0.15) is 0 Å². The maximum absolute atomic E-state index is 13.4. The van der Waals surface area contributed by atoms with Crippen LogP contribution in [0.25, 0.3) is 0 Å². The smallest absolute Gasteiger partial charge is 0.260 e. The van der Waals surface area contributed by atoms with E-state index in [9.17, 15) is 13.2 Å². The molecular weight excluding hydrogens is 404 g/mol. The van der Waals surface area contributed by atoms with Crippen molar-refractivity contribution in [2.45, 2.75) is 37.1 Å². The number of fused-ring (bicyclic) bond motifs is 1. The number of benzene rings is 2. The molecule has 0 saturated heterocycles. The highest BCUT2D eigenvalue weighted by Gasteiger charge is 2.25. The summed E-state index contributed by atoms with van der Waals surface area (Å²) in [6.07, 6.45) is 5.37. The van der Waals surface area contributed by atoms with Crippen molar-refractivity contribution in [2.24, 2.45) is 0 Å². The molecule has 0 radical (unpaired) electrons. The molecule has 0 saturated carbocycles. The molecule has 0 aliphatic heterocycles. The zero-order valence-electron chi connectivity index (χ0n) is 16.2. The molecule has 150 valence electrons. The standard InChI is InChI=1S/C22H22N2O3S2/c1-29(26,27)18-11-7-10-17(14-18)21(25)24(15-16-8-3-2-4-9-16)22-23-19-12-5-6-13-20(19)28-22/h2-4,7-11,14H,5-6,12-13,15H2,1H3. The van der Waals surface area contributed by atoms with Crippen molar-refractivity contribution in [1.29, 1.82) is 0 Å². The minimum Gasteiger partial charge on any atom is -0.279 e. The largest absolute Gasteiger partial charge is 0.279 e. The number of carbonyl (C=O) groups is 1. The van der Waals surface area contributed by atoms with Crippen LogP contribution >= 0.6 is 11.3 Å². The van der Waals surface area contributed by atoms with E-state index in [4.69, 9.17) is 4.98 Å². The number of nitrogens with zero attached hydrogens (tertiary/aromatic N) is 2. The average molecular weight is 427 g/mol. The third-order valence-corrected chi connectivity index (χ3v) is 7.29. The van der Waals surface area contributed by atoms with Crippen molar-refractivity contribution < 1.29 is 13.2 Å². The zero-order valence-corrected chi connectivity index (χ0v) is 17.8. The maximum Gasteiger partial charge on any atom is 0.260 e. The number of thiazole rings is 1. The molecule has 0 atom stereocenters. The van der Waals surface area contributed by atoms with Gasteiger partial charge in [-0.3, -0.25) is 9.69 Å². The van der Waals surface area contributed by atoms with Gasteiger partial charge in [-0.15, -0.1) is 11.3 Å². The summed E-state index contributed by atoms with van der Waals surface area (Å²) in [6, 6.07) is 16.0. The van der Waals surface area contributed by atoms with Crippen LogP contribution in [-0.4, -0.2) is 25.6 Å². The lowest BCUT2D eigenvalue weighted by Gasteiger charge is -2.20. The van der Waals surface area contributed by atoms with Gasteiger partial charge in [-0.1, -0.05) is 36.4 Å². The second-order valence-corrected chi connectivity index (χ2v) is 10.3. The van der Waals surface area contributed by atoms with Crippen LogP contribution in [0.1, 0.15) is 39.3 Å². The molecule has 5 nitrogen and oxygen atoms in total. The van der Waals surface area contributed by atoms with Crippen LogP contribution in [0.2, 0.25) is 0 Å². The molecule has 1 aliphatic carbocycles. The lowest BCUT2D eigenvalue weighted by Crippen LogP contribution is -2.30. The normalized spacial score (nSPS) is 13.7. The number of hydrogen-bond donors (Lipinski definition) is 0. The summed E-state index contributed by atoms with van der Waals surface area (Å²) in [5.41, 5.74) is 2.43. The Kier molecular flexibility index (Phi) is 5.52. The Hall–Kier alpha value is -2.51. The maximum atomic E-state index is 13.4. The lowest BCUT2D eigenvalue weighted by molar-refractivity contribution is 0.0985. The number of sulfone groups is 1. The highest BCUT2D eigenvalue weighted by molar-refractivity contribution is 7.90. The first kappa shape index (κ1) is 19.8. The number of aryl methyl sites for hydroxylation is 2. The fraction of sp³-hybridized carbons (Fsp3) is 0.273. The molecule has 3 aromatic rings. The molecule has 7 heteroatoms. The number of anilines is 1. The van der Waals surface area contributed by atoms with Crippen molar-refractivity contribution >= 4 is 32.2 Å². The molecule has 0 fully saturated rings. The Bertz CT molecular complexity index is 1110. The molecule has 1 amide bonds. The van der Waals surface area contributed by atoms with E-state index < -0.39 is 9.84 Å². The van der Waals surface area contributed by atoms with E-state index in [1.54, 1.807) is 28.4 Å². The van der Waals surface area contributed by atoms with Gasteiger partial charge in [0.25, 0.3) is 5.91 Å². The minimum absolute atomic E-state index is 0.140. The van der Waals surface area contributed by atoms with Gasteiger partial charge in [0.2, 0.25) is 0 Å². The Labute approximate surface area is 175 Å². The molecule has 29 heavy (non-hydrogen) atoms. The first-order valence-corrected chi connectivity index (χ1v) is 12.3. The van der Waals surface area contributed by atoms with E-state index in [0.29, 0.717) is 17.2 Å². The van der Waals surface area contributed by atoms with Crippen molar-refractivity contribution in [3.8, 4) is 0 Å². The van der Waals surface area contributed by atoms with Gasteiger partial charge < -0.3 is 0 Å². The van der Waals surface area contributed by atoms with E-state index in [2.05, 4.69) is 0 Å². The van der Waals surface area contributed by atoms with Gasteiger partial charge in [0.15, 0.2) is 15.0 Å². The lowest BCUT2D eigenvalue weighted by atomic mass is 10.0. The van der Waals surface area contributed by atoms with E-state index in [-0.39, 0.29) is 10.8 Å². The second-order valence-electron chi connectivity index (χ2n) is 7.25. The van der Waals surface area contributed by atoms with Crippen molar-refractivity contribution in [1.82, 2.24) is 4.98 Å². The Balaban J connectivity index is 1.74. The number of rotatable bonds is 5. The third kappa shape index (κ3) is 4.41. The molecule has 4 rings (SSSR count). The van der Waals surface area contributed by atoms with Gasteiger partial charge in [-0.2, -0.15) is 0 Å². The van der Waals surface area contributed by atoms with Crippen LogP contribution in [-0.2, 0) is 29.2 Å². The van der Waals surface area contributed by atoms with Crippen molar-refractivity contribution in [3.05, 3.63) is 76.3 Å². The van der Waals surface area contributed by atoms with E-state index in [1.165, 1.54) is 17.0 Å². The van der Waals surface area contributed by atoms with Gasteiger partial charge in [-0.25, -0.2) is 13.4 Å². The topological polar surface area (TPSA) is 67.3 Å². The molecule has 1 heterocycles. The van der Waals surface area contributed by atoms with Crippen LogP contribution in [0.15, 0.2) is 59.5 Å². The summed E-state index contributed by atoms with van der Waals surface area (Å²) in [6.45, 7) is 0.384. The molecular formula is C22H22N2O3S2. The molecule has 2 aromatic carbocycles. The van der Waals surface area contributed by atoms with Crippen molar-refractivity contribution in [3.63, 3.8) is 0 Å². The summed E-state index contributed by atoms with van der Waals surface area (Å²) in [5.74, 6) is -0.245. The molecule has 0 unspecified atom stereocenters. The average Bonchev–Trinajstić information content (AvgIpc) is 3.16. The highest BCUT2D eigenvalue weighted by Crippen LogP contribution is 2.33. The number of hydrogen-bond acceptors (Lipinski definition) is 5. The Morgan fingerprint density at radius 2 is 1.83 bits per heavy atom. The number of amides is 1. The quantitative estimate of drug-likeness (QED) is 0.611. The summed E-state index contributed by atoms with van der Waals surface area (Å²) < 4.78 is 23.9. The van der Waals surface area contributed by atoms with Crippen LogP contribution in [0.3, 0.4) is 0 Å². The molecule has 1 aromatic heterocycles. The minimum atomic E-state index is -3.39. The molecule has 1 aliphatic rings. The zero-order chi connectivity index (χ0) is 20.4. The Morgan fingerprint density at radius 3 is 2.55 bits per heavy atom. The van der Waals surface area contributed by atoms with E-state index >= 15 is 0 Å². The van der Waals surface area contributed by atoms with Gasteiger partial charge >= 0.3 is 0 Å². The number of carbonyl (C=O) groups excluding carboxylic acids is 1. The summed E-state index contributed by atoms with van der Waals surface area (Å²) in [7, 11) is -3.39. The SMILES string of the molecule is CS(=O)(=O)c1cccc(C(=O)N(Cc2ccccc2)c2nc3c(s2)CCCC3)c1. The van der Waals surface area contributed by atoms with Crippen LogP contribution in [0.4, 0.5) is 5.13 Å².